The number of rotatable bonds is 4. The third-order valence-corrected chi connectivity index (χ3v) is 6.81. The molecule has 186 valence electrons. The maximum absolute atomic E-state index is 13.7. The van der Waals surface area contributed by atoms with E-state index in [1.54, 1.807) is 48.7 Å². The van der Waals surface area contributed by atoms with Crippen LogP contribution in [0.4, 0.5) is 13.2 Å². The van der Waals surface area contributed by atoms with E-state index in [0.29, 0.717) is 39.0 Å². The Labute approximate surface area is 212 Å². The second-order valence-electron chi connectivity index (χ2n) is 9.26. The molecule has 3 nitrogen and oxygen atoms in total. The molecule has 3 aromatic carbocycles. The monoisotopic (exact) mass is 499 g/mol. The first-order valence-corrected chi connectivity index (χ1v) is 11.7. The van der Waals surface area contributed by atoms with Crippen molar-refractivity contribution in [2.24, 2.45) is 0 Å². The predicted molar refractivity (Wildman–Crippen MR) is 140 cm³/mol. The molecule has 1 aliphatic carbocycles. The number of aliphatic hydroxyl groups is 1. The molecule has 1 aliphatic rings. The fourth-order valence-corrected chi connectivity index (χ4v) is 5.13. The summed E-state index contributed by atoms with van der Waals surface area (Å²) in [6, 6.07) is 19.8. The smallest absolute Gasteiger partial charge is 0.416 e. The van der Waals surface area contributed by atoms with Crippen molar-refractivity contribution in [2.75, 3.05) is 0 Å². The van der Waals surface area contributed by atoms with E-state index in [4.69, 9.17) is 0 Å². The van der Waals surface area contributed by atoms with Gasteiger partial charge >= 0.3 is 6.18 Å². The zero-order valence-electron chi connectivity index (χ0n) is 20.6. The Kier molecular flexibility index (Phi) is 5.71. The van der Waals surface area contributed by atoms with E-state index in [1.165, 1.54) is 6.07 Å². The molecule has 6 heteroatoms. The van der Waals surface area contributed by atoms with E-state index in [-0.39, 0.29) is 22.7 Å². The highest BCUT2D eigenvalue weighted by atomic mass is 19.4. The SMILES string of the molecule is C=C(C)/C(=C1\C(=O)C(c2c(C)n(-c3cccc(C(F)(F)F)c3)c3ccccc23)=C1O)c1ccccc1C. The highest BCUT2D eigenvalue weighted by molar-refractivity contribution is 6.43. The number of hydrogen-bond acceptors (Lipinski definition) is 2. The van der Waals surface area contributed by atoms with Crippen LogP contribution in [0.15, 0.2) is 96.3 Å². The van der Waals surface area contributed by atoms with Gasteiger partial charge in [-0.05, 0) is 67.3 Å². The quantitative estimate of drug-likeness (QED) is 0.288. The average molecular weight is 500 g/mol. The number of Topliss-reactive ketones (excluding diaryl/α,β-unsaturated/α-hetero) is 1. The lowest BCUT2D eigenvalue weighted by Gasteiger charge is -2.26. The molecular formula is C31H24F3NO2. The molecule has 37 heavy (non-hydrogen) atoms. The molecular weight excluding hydrogens is 475 g/mol. The molecule has 1 heterocycles. The zero-order valence-corrected chi connectivity index (χ0v) is 20.6. The first-order valence-electron chi connectivity index (χ1n) is 11.7. The van der Waals surface area contributed by atoms with Crippen molar-refractivity contribution >= 4 is 27.8 Å². The second-order valence-corrected chi connectivity index (χ2v) is 9.26. The van der Waals surface area contributed by atoms with E-state index < -0.39 is 11.7 Å². The van der Waals surface area contributed by atoms with Crippen LogP contribution in [-0.2, 0) is 11.0 Å². The van der Waals surface area contributed by atoms with Gasteiger partial charge in [0.15, 0.2) is 0 Å². The zero-order chi connectivity index (χ0) is 26.6. The minimum Gasteiger partial charge on any atom is -0.506 e. The van der Waals surface area contributed by atoms with Crippen molar-refractivity contribution in [1.82, 2.24) is 4.57 Å². The first-order chi connectivity index (χ1) is 17.5. The molecule has 0 aliphatic heterocycles. The maximum Gasteiger partial charge on any atom is 0.416 e. The van der Waals surface area contributed by atoms with Gasteiger partial charge in [0.2, 0.25) is 5.78 Å². The number of aryl methyl sites for hydroxylation is 1. The van der Waals surface area contributed by atoms with Crippen LogP contribution in [0.1, 0.15) is 34.9 Å². The Hall–Kier alpha value is -4.32. The number of halogens is 3. The normalized spacial score (nSPS) is 15.2. The lowest BCUT2D eigenvalue weighted by Crippen LogP contribution is -2.23. The number of fused-ring (bicyclic) bond motifs is 1. The number of allylic oxidation sites excluding steroid dienone is 4. The van der Waals surface area contributed by atoms with E-state index in [1.807, 2.05) is 31.2 Å². The van der Waals surface area contributed by atoms with Crippen LogP contribution < -0.4 is 0 Å². The van der Waals surface area contributed by atoms with Crippen molar-refractivity contribution in [3.63, 3.8) is 0 Å². The summed E-state index contributed by atoms with van der Waals surface area (Å²) in [7, 11) is 0. The van der Waals surface area contributed by atoms with Gasteiger partial charge < -0.3 is 9.67 Å². The second kappa shape index (κ2) is 8.66. The molecule has 4 aromatic rings. The summed E-state index contributed by atoms with van der Waals surface area (Å²) in [5.74, 6) is -0.463. The minimum absolute atomic E-state index is 0.138. The van der Waals surface area contributed by atoms with Crippen LogP contribution in [0.25, 0.3) is 27.7 Å². The molecule has 0 spiro atoms. The fraction of sp³-hybridized carbons (Fsp3) is 0.129. The Balaban J connectivity index is 1.77. The van der Waals surface area contributed by atoms with Crippen molar-refractivity contribution in [3.05, 3.63) is 124 Å². The lowest BCUT2D eigenvalue weighted by molar-refractivity contribution is -0.137. The first kappa shape index (κ1) is 24.4. The van der Waals surface area contributed by atoms with Crippen LogP contribution in [-0.4, -0.2) is 15.5 Å². The van der Waals surface area contributed by atoms with Gasteiger partial charge in [-0.2, -0.15) is 13.2 Å². The summed E-state index contributed by atoms with van der Waals surface area (Å²) < 4.78 is 42.0. The van der Waals surface area contributed by atoms with Crippen LogP contribution in [0.2, 0.25) is 0 Å². The molecule has 0 unspecified atom stereocenters. The minimum atomic E-state index is -4.49. The van der Waals surface area contributed by atoms with Gasteiger partial charge in [-0.25, -0.2) is 0 Å². The van der Waals surface area contributed by atoms with Gasteiger partial charge in [-0.15, -0.1) is 0 Å². The van der Waals surface area contributed by atoms with Crippen LogP contribution in [0, 0.1) is 13.8 Å². The standard InChI is InChI=1S/C31H24F3NO2/c1-17(2)25(22-13-6-5-10-18(22)3)27-29(36)28(30(27)37)26-19(4)35(24-15-8-7-14-23(24)26)21-12-9-11-20(16-21)31(32,33)34/h5-16,36H,1H2,2-4H3/b27-25+. The summed E-state index contributed by atoms with van der Waals surface area (Å²) in [6.45, 7) is 9.50. The number of nitrogens with zero attached hydrogens (tertiary/aromatic N) is 1. The summed E-state index contributed by atoms with van der Waals surface area (Å²) in [5, 5.41) is 11.9. The van der Waals surface area contributed by atoms with Gasteiger partial charge in [-0.3, -0.25) is 4.79 Å². The van der Waals surface area contributed by atoms with Crippen molar-refractivity contribution in [1.29, 1.82) is 0 Å². The Morgan fingerprint density at radius 1 is 0.946 bits per heavy atom. The highest BCUT2D eigenvalue weighted by Gasteiger charge is 2.40. The molecule has 1 N–H and O–H groups in total. The van der Waals surface area contributed by atoms with Gasteiger partial charge in [0.25, 0.3) is 0 Å². The number of aromatic nitrogens is 1. The van der Waals surface area contributed by atoms with Crippen LogP contribution >= 0.6 is 0 Å². The number of aliphatic hydroxyl groups excluding tert-OH is 1. The number of benzene rings is 3. The Morgan fingerprint density at radius 3 is 2.27 bits per heavy atom. The summed E-state index contributed by atoms with van der Waals surface area (Å²) in [5.41, 5.74) is 4.60. The molecule has 0 fully saturated rings. The van der Waals surface area contributed by atoms with E-state index in [9.17, 15) is 23.1 Å². The summed E-state index contributed by atoms with van der Waals surface area (Å²) in [6.07, 6.45) is -4.49. The maximum atomic E-state index is 13.7. The number of ketones is 1. The summed E-state index contributed by atoms with van der Waals surface area (Å²) in [4.78, 5) is 13.7. The molecule has 0 saturated carbocycles. The molecule has 0 bridgehead atoms. The topological polar surface area (TPSA) is 42.2 Å². The fourth-order valence-electron chi connectivity index (χ4n) is 5.13. The van der Waals surface area contributed by atoms with Gasteiger partial charge in [0.05, 0.1) is 22.2 Å². The van der Waals surface area contributed by atoms with Crippen LogP contribution in [0.3, 0.4) is 0 Å². The molecule has 1 aromatic heterocycles. The van der Waals surface area contributed by atoms with Gasteiger partial charge in [-0.1, -0.05) is 55.1 Å². The molecule has 0 radical (unpaired) electrons. The third-order valence-electron chi connectivity index (χ3n) is 6.81. The summed E-state index contributed by atoms with van der Waals surface area (Å²) >= 11 is 0. The Bertz CT molecular complexity index is 1680. The Morgan fingerprint density at radius 2 is 1.62 bits per heavy atom. The number of alkyl halides is 3. The largest absolute Gasteiger partial charge is 0.506 e. The average Bonchev–Trinajstić information content (AvgIpc) is 3.14. The number of carbonyl (C=O) groups is 1. The highest BCUT2D eigenvalue weighted by Crippen LogP contribution is 2.46. The lowest BCUT2D eigenvalue weighted by atomic mass is 9.76. The molecule has 0 saturated heterocycles. The number of hydrogen-bond donors (Lipinski definition) is 1. The van der Waals surface area contributed by atoms with Crippen LogP contribution in [0.5, 0.6) is 0 Å². The van der Waals surface area contributed by atoms with E-state index >= 15 is 0 Å². The van der Waals surface area contributed by atoms with E-state index in [2.05, 4.69) is 6.58 Å². The predicted octanol–water partition coefficient (Wildman–Crippen LogP) is 8.15. The van der Waals surface area contributed by atoms with Gasteiger partial charge in [0, 0.05) is 22.3 Å². The number of carbonyl (C=O) groups excluding carboxylic acids is 1. The molecule has 5 rings (SSSR count). The molecule has 0 atom stereocenters. The van der Waals surface area contributed by atoms with Crippen molar-refractivity contribution < 1.29 is 23.1 Å². The van der Waals surface area contributed by atoms with Crippen molar-refractivity contribution in [3.8, 4) is 5.69 Å². The van der Waals surface area contributed by atoms with Gasteiger partial charge in [0.1, 0.15) is 5.76 Å². The third kappa shape index (κ3) is 3.80. The molecule has 0 amide bonds. The number of para-hydroxylation sites is 1. The van der Waals surface area contributed by atoms with E-state index in [0.717, 1.165) is 23.3 Å². The van der Waals surface area contributed by atoms with Crippen molar-refractivity contribution in [2.45, 2.75) is 26.9 Å².